The van der Waals surface area contributed by atoms with Crippen LogP contribution in [-0.4, -0.2) is 51.3 Å². The van der Waals surface area contributed by atoms with Crippen molar-refractivity contribution in [3.8, 4) is 0 Å². The smallest absolute Gasteiger partial charge is 0.408 e. The SMILES string of the molecule is CC(C)CC(NC(=O)OCc1ccccc1)C(=O)N1CC(=O)C(S(=O)Cc2ccccc2)C1. The van der Waals surface area contributed by atoms with Crippen LogP contribution in [0.25, 0.3) is 0 Å². The summed E-state index contributed by atoms with van der Waals surface area (Å²) in [6, 6.07) is 17.8. The summed E-state index contributed by atoms with van der Waals surface area (Å²) in [5, 5.41) is 1.93. The first-order chi connectivity index (χ1) is 15.8. The average molecular weight is 471 g/mol. The summed E-state index contributed by atoms with van der Waals surface area (Å²) in [5.74, 6) is -0.172. The highest BCUT2D eigenvalue weighted by Gasteiger charge is 2.40. The minimum Gasteiger partial charge on any atom is -0.445 e. The Labute approximate surface area is 197 Å². The van der Waals surface area contributed by atoms with Crippen molar-refractivity contribution in [2.75, 3.05) is 13.1 Å². The number of likely N-dealkylation sites (tertiary alicyclic amines) is 1. The van der Waals surface area contributed by atoms with Crippen molar-refractivity contribution in [3.63, 3.8) is 0 Å². The first-order valence-electron chi connectivity index (χ1n) is 11.0. The van der Waals surface area contributed by atoms with E-state index >= 15 is 0 Å². The van der Waals surface area contributed by atoms with Crippen LogP contribution >= 0.6 is 0 Å². The first kappa shape index (κ1) is 24.6. The number of carbonyl (C=O) groups is 3. The standard InChI is InChI=1S/C25H30N2O5S/c1-18(2)13-21(26-25(30)32-16-19-9-5-3-6-10-19)24(29)27-14-22(28)23(15-27)33(31)17-20-11-7-4-8-12-20/h3-12,18,21,23H,13-17H2,1-2H3,(H,26,30). The zero-order chi connectivity index (χ0) is 23.8. The molecule has 176 valence electrons. The van der Waals surface area contributed by atoms with E-state index in [-0.39, 0.29) is 43.1 Å². The van der Waals surface area contributed by atoms with Gasteiger partial charge in [0.05, 0.1) is 6.54 Å². The summed E-state index contributed by atoms with van der Waals surface area (Å²) in [4.78, 5) is 39.5. The molecule has 1 fully saturated rings. The number of Topliss-reactive ketones (excluding diaryl/α,β-unsaturated/α-hetero) is 1. The molecule has 3 atom stereocenters. The molecule has 0 aliphatic carbocycles. The quantitative estimate of drug-likeness (QED) is 0.608. The van der Waals surface area contributed by atoms with E-state index in [1.165, 1.54) is 4.90 Å². The van der Waals surface area contributed by atoms with E-state index in [4.69, 9.17) is 4.74 Å². The minimum absolute atomic E-state index is 0.0897. The molecule has 7 nitrogen and oxygen atoms in total. The Kier molecular flexibility index (Phi) is 8.77. The van der Waals surface area contributed by atoms with E-state index in [0.29, 0.717) is 6.42 Å². The van der Waals surface area contributed by atoms with Crippen LogP contribution in [0.4, 0.5) is 4.79 Å². The van der Waals surface area contributed by atoms with Crippen molar-refractivity contribution in [1.82, 2.24) is 10.2 Å². The molecule has 1 aliphatic rings. The van der Waals surface area contributed by atoms with Gasteiger partial charge in [-0.2, -0.15) is 0 Å². The molecular weight excluding hydrogens is 440 g/mol. The molecule has 0 bridgehead atoms. The normalized spacial score (nSPS) is 17.6. The van der Waals surface area contributed by atoms with Crippen molar-refractivity contribution >= 4 is 28.6 Å². The Bertz CT molecular complexity index is 981. The van der Waals surface area contributed by atoms with Gasteiger partial charge in [0.2, 0.25) is 5.91 Å². The van der Waals surface area contributed by atoms with Crippen LogP contribution in [0.15, 0.2) is 60.7 Å². The van der Waals surface area contributed by atoms with Crippen LogP contribution in [-0.2, 0) is 37.5 Å². The van der Waals surface area contributed by atoms with Gasteiger partial charge in [-0.3, -0.25) is 13.8 Å². The number of amides is 2. The third-order valence-corrected chi connectivity index (χ3v) is 7.05. The van der Waals surface area contributed by atoms with E-state index in [2.05, 4.69) is 5.32 Å². The van der Waals surface area contributed by atoms with Crippen LogP contribution < -0.4 is 5.32 Å². The maximum atomic E-state index is 13.2. The van der Waals surface area contributed by atoms with Gasteiger partial charge >= 0.3 is 6.09 Å². The molecule has 0 radical (unpaired) electrons. The highest BCUT2D eigenvalue weighted by atomic mass is 32.2. The number of benzene rings is 2. The molecule has 2 amide bonds. The minimum atomic E-state index is -1.43. The third-order valence-electron chi connectivity index (χ3n) is 5.38. The lowest BCUT2D eigenvalue weighted by molar-refractivity contribution is -0.134. The fourth-order valence-corrected chi connectivity index (χ4v) is 5.15. The summed E-state index contributed by atoms with van der Waals surface area (Å²) in [6.45, 7) is 3.98. The van der Waals surface area contributed by atoms with Crippen molar-refractivity contribution in [3.05, 3.63) is 71.8 Å². The van der Waals surface area contributed by atoms with E-state index in [0.717, 1.165) is 11.1 Å². The molecule has 2 aromatic carbocycles. The van der Waals surface area contributed by atoms with Gasteiger partial charge in [0.25, 0.3) is 0 Å². The van der Waals surface area contributed by atoms with Crippen LogP contribution in [0, 0.1) is 5.92 Å². The van der Waals surface area contributed by atoms with Gasteiger partial charge in [0, 0.05) is 23.1 Å². The Balaban J connectivity index is 1.59. The molecule has 0 aromatic heterocycles. The average Bonchev–Trinajstić information content (AvgIpc) is 3.19. The Hall–Kier alpha value is -3.00. The topological polar surface area (TPSA) is 92.8 Å². The van der Waals surface area contributed by atoms with Crippen molar-refractivity contribution in [2.24, 2.45) is 5.92 Å². The third kappa shape index (κ3) is 7.25. The van der Waals surface area contributed by atoms with E-state index < -0.39 is 28.2 Å². The van der Waals surface area contributed by atoms with Gasteiger partial charge in [-0.1, -0.05) is 74.5 Å². The predicted octanol–water partition coefficient (Wildman–Crippen LogP) is 3.06. The lowest BCUT2D eigenvalue weighted by atomic mass is 10.0. The zero-order valence-corrected chi connectivity index (χ0v) is 19.8. The van der Waals surface area contributed by atoms with Gasteiger partial charge < -0.3 is 15.0 Å². The fraction of sp³-hybridized carbons (Fsp3) is 0.400. The number of nitrogens with zero attached hydrogens (tertiary/aromatic N) is 1. The lowest BCUT2D eigenvalue weighted by Crippen LogP contribution is -2.49. The molecule has 1 heterocycles. The monoisotopic (exact) mass is 470 g/mol. The molecule has 1 N–H and O–H groups in total. The molecule has 3 rings (SSSR count). The summed E-state index contributed by atoms with van der Waals surface area (Å²) in [7, 11) is -1.43. The number of rotatable bonds is 9. The van der Waals surface area contributed by atoms with Crippen LogP contribution in [0.3, 0.4) is 0 Å². The van der Waals surface area contributed by atoms with Crippen molar-refractivity contribution < 1.29 is 23.3 Å². The molecule has 0 saturated carbocycles. The molecule has 0 spiro atoms. The second-order valence-corrected chi connectivity index (χ2v) is 10.2. The number of hydrogen-bond donors (Lipinski definition) is 1. The Morgan fingerprint density at radius 2 is 1.67 bits per heavy atom. The predicted molar refractivity (Wildman–Crippen MR) is 127 cm³/mol. The molecule has 1 saturated heterocycles. The molecule has 1 aliphatic heterocycles. The molecule has 2 aromatic rings. The zero-order valence-electron chi connectivity index (χ0n) is 18.9. The highest BCUT2D eigenvalue weighted by Crippen LogP contribution is 2.18. The summed E-state index contributed by atoms with van der Waals surface area (Å²) in [5.41, 5.74) is 1.72. The lowest BCUT2D eigenvalue weighted by Gasteiger charge is -2.25. The van der Waals surface area contributed by atoms with Crippen LogP contribution in [0.5, 0.6) is 0 Å². The summed E-state index contributed by atoms with van der Waals surface area (Å²) >= 11 is 0. The van der Waals surface area contributed by atoms with Gasteiger partial charge in [-0.15, -0.1) is 0 Å². The van der Waals surface area contributed by atoms with Gasteiger partial charge in [0.15, 0.2) is 5.78 Å². The number of hydrogen-bond acceptors (Lipinski definition) is 5. The fourth-order valence-electron chi connectivity index (χ4n) is 3.71. The molecule has 33 heavy (non-hydrogen) atoms. The number of ketones is 1. The summed E-state index contributed by atoms with van der Waals surface area (Å²) in [6.07, 6.45) is -0.283. The molecule has 3 unspecified atom stereocenters. The summed E-state index contributed by atoms with van der Waals surface area (Å²) < 4.78 is 18.1. The van der Waals surface area contributed by atoms with Crippen molar-refractivity contribution in [2.45, 2.75) is 43.9 Å². The Morgan fingerprint density at radius 1 is 1.06 bits per heavy atom. The number of nitrogens with one attached hydrogen (secondary N) is 1. The maximum absolute atomic E-state index is 13.2. The van der Waals surface area contributed by atoms with Crippen molar-refractivity contribution in [1.29, 1.82) is 0 Å². The van der Waals surface area contributed by atoms with Gasteiger partial charge in [-0.25, -0.2) is 4.79 Å². The number of alkyl carbamates (subject to hydrolysis) is 1. The first-order valence-corrected chi connectivity index (χ1v) is 12.4. The van der Waals surface area contributed by atoms with E-state index in [1.54, 1.807) is 0 Å². The number of carbonyl (C=O) groups excluding carboxylic acids is 3. The largest absolute Gasteiger partial charge is 0.445 e. The van der Waals surface area contributed by atoms with Gasteiger partial charge in [0.1, 0.15) is 17.9 Å². The van der Waals surface area contributed by atoms with E-state index in [1.807, 2.05) is 74.5 Å². The van der Waals surface area contributed by atoms with Crippen LogP contribution in [0.1, 0.15) is 31.4 Å². The second kappa shape index (κ2) is 11.7. The second-order valence-electron chi connectivity index (χ2n) is 8.57. The molecule has 8 heteroatoms. The molecular formula is C25H30N2O5S. The number of ether oxygens (including phenoxy) is 1. The maximum Gasteiger partial charge on any atom is 0.408 e. The van der Waals surface area contributed by atoms with Crippen LogP contribution in [0.2, 0.25) is 0 Å². The Morgan fingerprint density at radius 3 is 2.27 bits per heavy atom. The van der Waals surface area contributed by atoms with Gasteiger partial charge in [-0.05, 0) is 23.5 Å². The van der Waals surface area contributed by atoms with E-state index in [9.17, 15) is 18.6 Å². The highest BCUT2D eigenvalue weighted by molar-refractivity contribution is 7.85.